The molecular weight excluding hydrogens is 435 g/mol. The molecule has 1 aliphatic heterocycles. The monoisotopic (exact) mass is 460 g/mol. The number of methoxy groups -OCH3 is 1. The van der Waals surface area contributed by atoms with Crippen LogP contribution in [0.5, 0.6) is 5.75 Å². The summed E-state index contributed by atoms with van der Waals surface area (Å²) in [5.74, 6) is 1.54. The zero-order valence-corrected chi connectivity index (χ0v) is 19.2. The van der Waals surface area contributed by atoms with Crippen LogP contribution in [0.1, 0.15) is 17.2 Å². The van der Waals surface area contributed by atoms with Crippen molar-refractivity contribution in [2.75, 3.05) is 38.2 Å². The predicted molar refractivity (Wildman–Crippen MR) is 117 cm³/mol. The first kappa shape index (κ1) is 22.2. The van der Waals surface area contributed by atoms with Crippen molar-refractivity contribution in [3.8, 4) is 11.6 Å². The van der Waals surface area contributed by atoms with Crippen LogP contribution in [0.15, 0.2) is 35.5 Å². The Morgan fingerprint density at radius 3 is 2.31 bits per heavy atom. The molecule has 1 aromatic carbocycles. The lowest BCUT2D eigenvalue weighted by molar-refractivity contribution is 0.372. The zero-order valence-electron chi connectivity index (χ0n) is 18.4. The van der Waals surface area contributed by atoms with Crippen molar-refractivity contribution in [3.05, 3.63) is 53.6 Å². The van der Waals surface area contributed by atoms with Crippen LogP contribution in [0.3, 0.4) is 0 Å². The quantitative estimate of drug-likeness (QED) is 0.576. The van der Waals surface area contributed by atoms with Gasteiger partial charge >= 0.3 is 0 Å². The van der Waals surface area contributed by atoms with E-state index in [1.54, 1.807) is 6.33 Å². The molecule has 0 radical (unpaired) electrons. The highest BCUT2D eigenvalue weighted by Gasteiger charge is 2.31. The number of anilines is 1. The van der Waals surface area contributed by atoms with Crippen LogP contribution in [0.2, 0.25) is 0 Å². The van der Waals surface area contributed by atoms with Crippen LogP contribution in [-0.4, -0.2) is 65.5 Å². The van der Waals surface area contributed by atoms with E-state index in [0.717, 1.165) is 23.3 Å². The highest BCUT2D eigenvalue weighted by molar-refractivity contribution is 7.89. The third kappa shape index (κ3) is 4.05. The molecule has 11 heteroatoms. The van der Waals surface area contributed by atoms with Gasteiger partial charge in [-0.25, -0.2) is 27.8 Å². The molecule has 0 spiro atoms. The number of hydrogen-bond acceptors (Lipinski definition) is 7. The Kier molecular flexibility index (Phi) is 5.87. The minimum atomic E-state index is -3.90. The van der Waals surface area contributed by atoms with E-state index in [2.05, 4.69) is 15.0 Å². The van der Waals surface area contributed by atoms with Gasteiger partial charge in [0.15, 0.2) is 0 Å². The molecule has 0 unspecified atom stereocenters. The first-order valence-electron chi connectivity index (χ1n) is 10.2. The third-order valence-corrected chi connectivity index (χ3v) is 7.54. The van der Waals surface area contributed by atoms with Gasteiger partial charge in [-0.2, -0.15) is 4.31 Å². The van der Waals surface area contributed by atoms with Crippen molar-refractivity contribution in [3.63, 3.8) is 0 Å². The smallest absolute Gasteiger partial charge is 0.246 e. The molecule has 0 N–H and O–H groups in total. The van der Waals surface area contributed by atoms with Gasteiger partial charge in [-0.1, -0.05) is 0 Å². The average molecular weight is 461 g/mol. The molecule has 1 fully saturated rings. The molecule has 2 aromatic heterocycles. The van der Waals surface area contributed by atoms with E-state index in [-0.39, 0.29) is 23.7 Å². The normalized spacial score (nSPS) is 15.2. The number of imidazole rings is 1. The molecule has 3 aromatic rings. The van der Waals surface area contributed by atoms with Gasteiger partial charge in [0.25, 0.3) is 0 Å². The Hall–Kier alpha value is -3.05. The summed E-state index contributed by atoms with van der Waals surface area (Å²) in [6.45, 7) is 7.09. The lowest BCUT2D eigenvalue weighted by atomic mass is 10.3. The summed E-state index contributed by atoms with van der Waals surface area (Å²) < 4.78 is 48.4. The number of ether oxygens (including phenoxy) is 1. The molecule has 0 bridgehead atoms. The number of rotatable bonds is 5. The maximum absolute atomic E-state index is 13.7. The maximum Gasteiger partial charge on any atom is 0.246 e. The molecule has 0 aliphatic carbocycles. The number of aromatic nitrogens is 4. The van der Waals surface area contributed by atoms with Crippen molar-refractivity contribution in [2.45, 2.75) is 25.7 Å². The van der Waals surface area contributed by atoms with Crippen molar-refractivity contribution in [2.24, 2.45) is 0 Å². The van der Waals surface area contributed by atoms with Gasteiger partial charge in [-0.3, -0.25) is 4.57 Å². The first-order chi connectivity index (χ1) is 15.2. The number of halogens is 1. The second-order valence-corrected chi connectivity index (χ2v) is 9.51. The zero-order chi connectivity index (χ0) is 23.0. The number of nitrogens with zero attached hydrogens (tertiary/aromatic N) is 6. The standard InChI is InChI=1S/C21H25FN6O3S/c1-14-15(2)28(13-23-14)21-12-20(24-16(3)25-21)26-7-9-27(10-8-26)32(29,30)19-11-17(22)5-6-18(19)31-4/h5-6,11-13H,7-10H2,1-4H3. The molecule has 170 valence electrons. The van der Waals surface area contributed by atoms with Gasteiger partial charge in [0, 0.05) is 37.9 Å². The summed E-state index contributed by atoms with van der Waals surface area (Å²) >= 11 is 0. The minimum absolute atomic E-state index is 0.121. The summed E-state index contributed by atoms with van der Waals surface area (Å²) in [4.78, 5) is 15.3. The molecule has 0 amide bonds. The summed E-state index contributed by atoms with van der Waals surface area (Å²) in [5, 5.41) is 0. The molecule has 1 saturated heterocycles. The minimum Gasteiger partial charge on any atom is -0.495 e. The maximum atomic E-state index is 13.7. The van der Waals surface area contributed by atoms with E-state index in [9.17, 15) is 12.8 Å². The molecule has 0 atom stereocenters. The predicted octanol–water partition coefficient (Wildman–Crippen LogP) is 2.25. The second kappa shape index (κ2) is 8.47. The Morgan fingerprint density at radius 1 is 1.00 bits per heavy atom. The first-order valence-corrected chi connectivity index (χ1v) is 11.6. The molecule has 32 heavy (non-hydrogen) atoms. The summed E-state index contributed by atoms with van der Waals surface area (Å²) in [6.07, 6.45) is 1.73. The van der Waals surface area contributed by atoms with Crippen molar-refractivity contribution >= 4 is 15.8 Å². The Morgan fingerprint density at radius 2 is 1.69 bits per heavy atom. The van der Waals surface area contributed by atoms with Crippen LogP contribution < -0.4 is 9.64 Å². The lowest BCUT2D eigenvalue weighted by Crippen LogP contribution is -2.49. The number of hydrogen-bond donors (Lipinski definition) is 0. The molecule has 0 saturated carbocycles. The van der Waals surface area contributed by atoms with Crippen molar-refractivity contribution in [1.29, 1.82) is 0 Å². The van der Waals surface area contributed by atoms with Crippen LogP contribution in [0.25, 0.3) is 5.82 Å². The van der Waals surface area contributed by atoms with E-state index in [0.29, 0.717) is 24.7 Å². The fourth-order valence-electron chi connectivity index (χ4n) is 3.70. The Bertz CT molecular complexity index is 1250. The summed E-state index contributed by atoms with van der Waals surface area (Å²) in [5.41, 5.74) is 1.92. The molecule has 4 rings (SSSR count). The SMILES string of the molecule is COc1ccc(F)cc1S(=O)(=O)N1CCN(c2cc(-n3cnc(C)c3C)nc(C)n2)CC1. The Labute approximate surface area is 186 Å². The van der Waals surface area contributed by atoms with Crippen LogP contribution in [0.4, 0.5) is 10.2 Å². The number of piperazine rings is 1. The fourth-order valence-corrected chi connectivity index (χ4v) is 5.29. The molecule has 3 heterocycles. The van der Waals surface area contributed by atoms with Crippen LogP contribution in [-0.2, 0) is 10.0 Å². The molecule has 1 aliphatic rings. The lowest BCUT2D eigenvalue weighted by Gasteiger charge is -2.35. The molecule has 9 nitrogen and oxygen atoms in total. The van der Waals surface area contributed by atoms with Gasteiger partial charge < -0.3 is 9.64 Å². The highest BCUT2D eigenvalue weighted by atomic mass is 32.2. The summed E-state index contributed by atoms with van der Waals surface area (Å²) in [6, 6.07) is 5.37. The van der Waals surface area contributed by atoms with E-state index in [4.69, 9.17) is 4.74 Å². The van der Waals surface area contributed by atoms with E-state index in [1.165, 1.54) is 23.5 Å². The Balaban J connectivity index is 1.56. The molecular formula is C21H25FN6O3S. The average Bonchev–Trinajstić information content (AvgIpc) is 3.11. The number of benzene rings is 1. The van der Waals surface area contributed by atoms with Crippen LogP contribution in [0, 0.1) is 26.6 Å². The third-order valence-electron chi connectivity index (χ3n) is 5.62. The van der Waals surface area contributed by atoms with Gasteiger partial charge in [0.1, 0.15) is 40.2 Å². The largest absolute Gasteiger partial charge is 0.495 e. The van der Waals surface area contributed by atoms with Crippen molar-refractivity contribution in [1.82, 2.24) is 23.8 Å². The van der Waals surface area contributed by atoms with E-state index < -0.39 is 15.8 Å². The fraction of sp³-hybridized carbons (Fsp3) is 0.381. The van der Waals surface area contributed by atoms with E-state index >= 15 is 0 Å². The van der Waals surface area contributed by atoms with E-state index in [1.807, 2.05) is 36.3 Å². The number of aryl methyl sites for hydroxylation is 2. The van der Waals surface area contributed by atoms with Gasteiger partial charge in [0.2, 0.25) is 10.0 Å². The van der Waals surface area contributed by atoms with Crippen molar-refractivity contribution < 1.29 is 17.5 Å². The number of sulfonamides is 1. The van der Waals surface area contributed by atoms with Gasteiger partial charge in [-0.15, -0.1) is 0 Å². The van der Waals surface area contributed by atoms with Gasteiger partial charge in [-0.05, 0) is 39.0 Å². The highest BCUT2D eigenvalue weighted by Crippen LogP contribution is 2.29. The summed E-state index contributed by atoms with van der Waals surface area (Å²) in [7, 11) is -2.53. The second-order valence-electron chi connectivity index (χ2n) is 7.60. The van der Waals surface area contributed by atoms with Crippen LogP contribution >= 0.6 is 0 Å². The van der Waals surface area contributed by atoms with Gasteiger partial charge in [0.05, 0.1) is 12.8 Å². The topological polar surface area (TPSA) is 93.5 Å².